The Kier molecular flexibility index (Phi) is 3.42. The molecular weight excluding hydrogens is 238 g/mol. The Bertz CT molecular complexity index is 439. The van der Waals surface area contributed by atoms with E-state index in [-0.39, 0.29) is 11.4 Å². The molecule has 2 N–H and O–H groups in total. The molecule has 0 aliphatic carbocycles. The third-order valence-corrected chi connectivity index (χ3v) is 4.10. The lowest BCUT2D eigenvalue weighted by molar-refractivity contribution is -0.383. The molecule has 1 aromatic rings. The van der Waals surface area contributed by atoms with Crippen LogP contribution < -0.4 is 10.6 Å². The van der Waals surface area contributed by atoms with Crippen molar-refractivity contribution in [3.8, 4) is 0 Å². The number of nitro groups is 1. The van der Waals surface area contributed by atoms with Crippen molar-refractivity contribution in [3.63, 3.8) is 0 Å². The Hall–Kier alpha value is -1.43. The molecule has 1 aromatic carbocycles. The van der Waals surface area contributed by atoms with Crippen LogP contribution in [0.4, 0.5) is 17.1 Å². The molecular formula is C11H15N3O2S. The Labute approximate surface area is 104 Å². The van der Waals surface area contributed by atoms with Gasteiger partial charge in [-0.3, -0.25) is 10.1 Å². The van der Waals surface area contributed by atoms with Crippen molar-refractivity contribution >= 4 is 28.8 Å². The molecule has 1 saturated heterocycles. The fraction of sp³-hybridized carbons (Fsp3) is 0.455. The Balaban J connectivity index is 2.27. The van der Waals surface area contributed by atoms with E-state index in [1.807, 2.05) is 11.8 Å². The van der Waals surface area contributed by atoms with Crippen LogP contribution in [-0.4, -0.2) is 29.0 Å². The summed E-state index contributed by atoms with van der Waals surface area (Å²) in [6.45, 7) is 3.12. The van der Waals surface area contributed by atoms with Crippen molar-refractivity contribution in [3.05, 3.63) is 28.3 Å². The Morgan fingerprint density at radius 2 is 2.35 bits per heavy atom. The SMILES string of the molecule is CC1CSCCN1c1ccc([N+](=O)[O-])c(N)c1. The number of hydrogen-bond donors (Lipinski definition) is 1. The number of nitro benzene ring substituents is 1. The lowest BCUT2D eigenvalue weighted by Crippen LogP contribution is -2.40. The van der Waals surface area contributed by atoms with Crippen LogP contribution in [0.25, 0.3) is 0 Å². The number of nitrogens with zero attached hydrogens (tertiary/aromatic N) is 2. The summed E-state index contributed by atoms with van der Waals surface area (Å²) in [7, 11) is 0. The van der Waals surface area contributed by atoms with Gasteiger partial charge in [0.05, 0.1) is 4.92 Å². The highest BCUT2D eigenvalue weighted by atomic mass is 32.2. The molecule has 1 atom stereocenters. The minimum atomic E-state index is -0.450. The predicted octanol–water partition coefficient (Wildman–Crippen LogP) is 2.12. The highest BCUT2D eigenvalue weighted by Crippen LogP contribution is 2.30. The summed E-state index contributed by atoms with van der Waals surface area (Å²) in [6, 6.07) is 5.40. The molecule has 1 fully saturated rings. The first-order chi connectivity index (χ1) is 8.09. The molecule has 1 heterocycles. The average molecular weight is 253 g/mol. The van der Waals surface area contributed by atoms with Crippen LogP contribution in [-0.2, 0) is 0 Å². The number of benzene rings is 1. The summed E-state index contributed by atoms with van der Waals surface area (Å²) in [5.41, 5.74) is 6.89. The van der Waals surface area contributed by atoms with E-state index in [9.17, 15) is 10.1 Å². The molecule has 0 radical (unpaired) electrons. The molecule has 0 spiro atoms. The second-order valence-corrected chi connectivity index (χ2v) is 5.27. The van der Waals surface area contributed by atoms with Crippen molar-refractivity contribution < 1.29 is 4.92 Å². The Morgan fingerprint density at radius 3 is 2.94 bits per heavy atom. The number of nitrogens with two attached hydrogens (primary N) is 1. The number of rotatable bonds is 2. The predicted molar refractivity (Wildman–Crippen MR) is 71.6 cm³/mol. The van der Waals surface area contributed by atoms with Gasteiger partial charge in [0, 0.05) is 35.8 Å². The highest BCUT2D eigenvalue weighted by molar-refractivity contribution is 7.99. The summed E-state index contributed by atoms with van der Waals surface area (Å²) in [5.74, 6) is 2.16. The van der Waals surface area contributed by atoms with Gasteiger partial charge in [-0.05, 0) is 19.1 Å². The second-order valence-electron chi connectivity index (χ2n) is 4.12. The molecule has 1 aliphatic rings. The molecule has 0 amide bonds. The maximum atomic E-state index is 10.7. The van der Waals surface area contributed by atoms with Crippen molar-refractivity contribution in [1.29, 1.82) is 0 Å². The second kappa shape index (κ2) is 4.83. The fourth-order valence-corrected chi connectivity index (χ4v) is 3.01. The van der Waals surface area contributed by atoms with E-state index in [2.05, 4.69) is 11.8 Å². The first-order valence-corrected chi connectivity index (χ1v) is 6.63. The third kappa shape index (κ3) is 2.46. The van der Waals surface area contributed by atoms with E-state index in [0.29, 0.717) is 6.04 Å². The smallest absolute Gasteiger partial charge is 0.292 e. The minimum absolute atomic E-state index is 0.0206. The summed E-state index contributed by atoms with van der Waals surface area (Å²) >= 11 is 1.93. The van der Waals surface area contributed by atoms with Crippen LogP contribution in [0.2, 0.25) is 0 Å². The van der Waals surface area contributed by atoms with Crippen LogP contribution in [0.3, 0.4) is 0 Å². The molecule has 5 nitrogen and oxygen atoms in total. The van der Waals surface area contributed by atoms with Crippen LogP contribution in [0.5, 0.6) is 0 Å². The van der Waals surface area contributed by atoms with Gasteiger partial charge in [0.1, 0.15) is 5.69 Å². The van der Waals surface area contributed by atoms with Crippen LogP contribution in [0.15, 0.2) is 18.2 Å². The van der Waals surface area contributed by atoms with E-state index < -0.39 is 4.92 Å². The fourth-order valence-electron chi connectivity index (χ4n) is 2.00. The van der Waals surface area contributed by atoms with Gasteiger partial charge in [0.2, 0.25) is 0 Å². The van der Waals surface area contributed by atoms with Gasteiger partial charge in [0.15, 0.2) is 0 Å². The highest BCUT2D eigenvalue weighted by Gasteiger charge is 2.21. The van der Waals surface area contributed by atoms with Gasteiger partial charge in [0.25, 0.3) is 5.69 Å². The van der Waals surface area contributed by atoms with Gasteiger partial charge >= 0.3 is 0 Å². The molecule has 0 aromatic heterocycles. The van der Waals surface area contributed by atoms with E-state index in [1.54, 1.807) is 12.1 Å². The zero-order chi connectivity index (χ0) is 12.4. The minimum Gasteiger partial charge on any atom is -0.393 e. The normalized spacial score (nSPS) is 20.3. The molecule has 6 heteroatoms. The molecule has 0 saturated carbocycles. The lowest BCUT2D eigenvalue weighted by Gasteiger charge is -2.35. The van der Waals surface area contributed by atoms with E-state index in [0.717, 1.165) is 23.7 Å². The first kappa shape index (κ1) is 12.0. The molecule has 92 valence electrons. The van der Waals surface area contributed by atoms with Crippen LogP contribution in [0, 0.1) is 10.1 Å². The largest absolute Gasteiger partial charge is 0.393 e. The summed E-state index contributed by atoms with van der Waals surface area (Å²) in [6.07, 6.45) is 0. The Morgan fingerprint density at radius 1 is 1.59 bits per heavy atom. The van der Waals surface area contributed by atoms with Gasteiger partial charge in [-0.25, -0.2) is 0 Å². The number of hydrogen-bond acceptors (Lipinski definition) is 5. The lowest BCUT2D eigenvalue weighted by atomic mass is 10.2. The van der Waals surface area contributed by atoms with Crippen molar-refractivity contribution in [1.82, 2.24) is 0 Å². The maximum absolute atomic E-state index is 10.7. The van der Waals surface area contributed by atoms with Crippen molar-refractivity contribution in [2.45, 2.75) is 13.0 Å². The topological polar surface area (TPSA) is 72.4 Å². The average Bonchev–Trinajstić information content (AvgIpc) is 2.29. The molecule has 1 unspecified atom stereocenters. The number of thioether (sulfide) groups is 1. The van der Waals surface area contributed by atoms with Gasteiger partial charge < -0.3 is 10.6 Å². The quantitative estimate of drug-likeness (QED) is 0.496. The van der Waals surface area contributed by atoms with E-state index in [4.69, 9.17) is 5.73 Å². The standard InChI is InChI=1S/C11H15N3O2S/c1-8-7-17-5-4-13(8)9-2-3-11(14(15)16)10(12)6-9/h2-3,6,8H,4-5,7,12H2,1H3. The maximum Gasteiger partial charge on any atom is 0.292 e. The van der Waals surface area contributed by atoms with Crippen LogP contribution >= 0.6 is 11.8 Å². The number of nitrogen functional groups attached to an aromatic ring is 1. The van der Waals surface area contributed by atoms with Gasteiger partial charge in [-0.15, -0.1) is 0 Å². The van der Waals surface area contributed by atoms with Crippen LogP contribution in [0.1, 0.15) is 6.92 Å². The zero-order valence-electron chi connectivity index (χ0n) is 9.63. The summed E-state index contributed by atoms with van der Waals surface area (Å²) in [5, 5.41) is 10.7. The number of anilines is 2. The summed E-state index contributed by atoms with van der Waals surface area (Å²) < 4.78 is 0. The van der Waals surface area contributed by atoms with Gasteiger partial charge in [-0.1, -0.05) is 0 Å². The van der Waals surface area contributed by atoms with E-state index in [1.165, 1.54) is 6.07 Å². The van der Waals surface area contributed by atoms with E-state index >= 15 is 0 Å². The summed E-state index contributed by atoms with van der Waals surface area (Å²) in [4.78, 5) is 12.5. The molecule has 2 rings (SSSR count). The first-order valence-electron chi connectivity index (χ1n) is 5.48. The molecule has 17 heavy (non-hydrogen) atoms. The monoisotopic (exact) mass is 253 g/mol. The molecule has 0 bridgehead atoms. The molecule has 1 aliphatic heterocycles. The van der Waals surface area contributed by atoms with Crippen molar-refractivity contribution in [2.24, 2.45) is 0 Å². The van der Waals surface area contributed by atoms with Crippen molar-refractivity contribution in [2.75, 3.05) is 28.7 Å². The third-order valence-electron chi connectivity index (χ3n) is 2.91. The van der Waals surface area contributed by atoms with Gasteiger partial charge in [-0.2, -0.15) is 11.8 Å². The zero-order valence-corrected chi connectivity index (χ0v) is 10.4.